The summed E-state index contributed by atoms with van der Waals surface area (Å²) in [5, 5.41) is 0. The van der Waals surface area contributed by atoms with Crippen molar-refractivity contribution in [2.24, 2.45) is 11.5 Å². The molecule has 0 saturated carbocycles. The van der Waals surface area contributed by atoms with E-state index in [0.717, 1.165) is 11.3 Å². The summed E-state index contributed by atoms with van der Waals surface area (Å²) < 4.78 is 5.27. The van der Waals surface area contributed by atoms with Crippen molar-refractivity contribution in [1.29, 1.82) is 0 Å². The number of nitrogens with two attached hydrogens (primary N) is 2. The molecule has 1 rings (SSSR count). The van der Waals surface area contributed by atoms with Crippen molar-refractivity contribution < 1.29 is 9.53 Å². The Morgan fingerprint density at radius 2 is 1.93 bits per heavy atom. The minimum Gasteiger partial charge on any atom is -0.493 e. The highest BCUT2D eigenvalue weighted by atomic mass is 16.5. The molecule has 0 fully saturated rings. The summed E-state index contributed by atoms with van der Waals surface area (Å²) in [4.78, 5) is 10.4. The lowest BCUT2D eigenvalue weighted by Gasteiger charge is -2.04. The van der Waals surface area contributed by atoms with Crippen LogP contribution in [0.15, 0.2) is 24.3 Å². The van der Waals surface area contributed by atoms with E-state index in [1.807, 2.05) is 24.3 Å². The van der Waals surface area contributed by atoms with Crippen LogP contribution in [0.1, 0.15) is 12.0 Å². The number of carbonyl (C=O) groups excluding carboxylic acids is 1. The molecule has 4 nitrogen and oxygen atoms in total. The highest BCUT2D eigenvalue weighted by Gasteiger charge is 1.96. The Labute approximate surface area is 82.8 Å². The molecule has 0 heterocycles. The maximum absolute atomic E-state index is 10.4. The Kier molecular flexibility index (Phi) is 3.94. The third-order valence-electron chi connectivity index (χ3n) is 1.78. The van der Waals surface area contributed by atoms with Gasteiger partial charge in [0, 0.05) is 6.54 Å². The molecule has 1 aromatic carbocycles. The summed E-state index contributed by atoms with van der Waals surface area (Å²) in [6.45, 7) is 0.832. The zero-order valence-electron chi connectivity index (χ0n) is 7.90. The number of rotatable bonds is 5. The summed E-state index contributed by atoms with van der Waals surface area (Å²) in [7, 11) is 0. The van der Waals surface area contributed by atoms with Crippen molar-refractivity contribution in [3.05, 3.63) is 29.8 Å². The van der Waals surface area contributed by atoms with Crippen molar-refractivity contribution in [2.75, 3.05) is 6.61 Å². The van der Waals surface area contributed by atoms with Gasteiger partial charge in [0.2, 0.25) is 5.91 Å². The molecule has 0 saturated heterocycles. The third kappa shape index (κ3) is 3.45. The van der Waals surface area contributed by atoms with Gasteiger partial charge in [0.05, 0.1) is 13.0 Å². The van der Waals surface area contributed by atoms with Crippen LogP contribution in [-0.2, 0) is 11.3 Å². The average Bonchev–Trinajstić information content (AvgIpc) is 2.18. The molecule has 0 aliphatic rings. The van der Waals surface area contributed by atoms with E-state index in [1.165, 1.54) is 0 Å². The first-order chi connectivity index (χ1) is 6.72. The third-order valence-corrected chi connectivity index (χ3v) is 1.78. The first-order valence-corrected chi connectivity index (χ1v) is 4.42. The quantitative estimate of drug-likeness (QED) is 0.712. The molecule has 14 heavy (non-hydrogen) atoms. The van der Waals surface area contributed by atoms with Crippen molar-refractivity contribution in [3.8, 4) is 5.75 Å². The van der Waals surface area contributed by atoms with Gasteiger partial charge < -0.3 is 16.2 Å². The van der Waals surface area contributed by atoms with Gasteiger partial charge in [0.25, 0.3) is 0 Å². The van der Waals surface area contributed by atoms with Crippen molar-refractivity contribution >= 4 is 5.91 Å². The maximum Gasteiger partial charge on any atom is 0.220 e. The summed E-state index contributed by atoms with van der Waals surface area (Å²) in [5.41, 5.74) is 11.5. The number of carbonyl (C=O) groups is 1. The molecule has 0 radical (unpaired) electrons. The molecule has 0 aromatic heterocycles. The number of amides is 1. The molecule has 0 unspecified atom stereocenters. The molecule has 1 amide bonds. The molecular weight excluding hydrogens is 180 g/mol. The number of ether oxygens (including phenoxy) is 1. The fourth-order valence-electron chi connectivity index (χ4n) is 0.991. The zero-order chi connectivity index (χ0) is 10.4. The van der Waals surface area contributed by atoms with E-state index in [-0.39, 0.29) is 12.3 Å². The first-order valence-electron chi connectivity index (χ1n) is 4.42. The maximum atomic E-state index is 10.4. The number of hydrogen-bond donors (Lipinski definition) is 2. The van der Waals surface area contributed by atoms with Crippen LogP contribution in [0.5, 0.6) is 5.75 Å². The van der Waals surface area contributed by atoms with Crippen LogP contribution in [-0.4, -0.2) is 12.5 Å². The minimum absolute atomic E-state index is 0.235. The Morgan fingerprint density at radius 3 is 2.43 bits per heavy atom. The first kappa shape index (κ1) is 10.5. The Balaban J connectivity index is 2.40. The second kappa shape index (κ2) is 5.24. The summed E-state index contributed by atoms with van der Waals surface area (Å²) >= 11 is 0. The van der Waals surface area contributed by atoms with E-state index < -0.39 is 0 Å². The second-order valence-electron chi connectivity index (χ2n) is 2.91. The molecule has 4 N–H and O–H groups in total. The molecule has 0 bridgehead atoms. The SMILES string of the molecule is NCc1ccc(OCCC(N)=O)cc1. The van der Waals surface area contributed by atoms with E-state index in [0.29, 0.717) is 13.2 Å². The van der Waals surface area contributed by atoms with Crippen LogP contribution >= 0.6 is 0 Å². The molecule has 1 aromatic rings. The van der Waals surface area contributed by atoms with Gasteiger partial charge >= 0.3 is 0 Å². The zero-order valence-corrected chi connectivity index (χ0v) is 7.90. The number of benzene rings is 1. The average molecular weight is 194 g/mol. The molecule has 76 valence electrons. The lowest BCUT2D eigenvalue weighted by molar-refractivity contribution is -0.118. The number of hydrogen-bond acceptors (Lipinski definition) is 3. The molecule has 0 spiro atoms. The highest BCUT2D eigenvalue weighted by molar-refractivity contribution is 5.73. The van der Waals surface area contributed by atoms with Crippen LogP contribution in [0.3, 0.4) is 0 Å². The van der Waals surface area contributed by atoms with Gasteiger partial charge in [-0.2, -0.15) is 0 Å². The summed E-state index contributed by atoms with van der Waals surface area (Å²) in [5.74, 6) is 0.368. The van der Waals surface area contributed by atoms with Crippen LogP contribution in [0.4, 0.5) is 0 Å². The van der Waals surface area contributed by atoms with Gasteiger partial charge in [0.1, 0.15) is 5.75 Å². The lowest BCUT2D eigenvalue weighted by atomic mass is 10.2. The van der Waals surface area contributed by atoms with E-state index >= 15 is 0 Å². The summed E-state index contributed by atoms with van der Waals surface area (Å²) in [6.07, 6.45) is 0.235. The van der Waals surface area contributed by atoms with E-state index in [4.69, 9.17) is 16.2 Å². The standard InChI is InChI=1S/C10H14N2O2/c11-7-8-1-3-9(4-2-8)14-6-5-10(12)13/h1-4H,5-7,11H2,(H2,12,13). The van der Waals surface area contributed by atoms with Gasteiger partial charge in [-0.15, -0.1) is 0 Å². The Bertz CT molecular complexity index is 295. The molecule has 0 atom stereocenters. The van der Waals surface area contributed by atoms with Crippen LogP contribution in [0.2, 0.25) is 0 Å². The van der Waals surface area contributed by atoms with Crippen LogP contribution in [0, 0.1) is 0 Å². The number of primary amides is 1. The smallest absolute Gasteiger partial charge is 0.220 e. The normalized spacial score (nSPS) is 9.79. The molecule has 4 heteroatoms. The monoisotopic (exact) mass is 194 g/mol. The van der Waals surface area contributed by atoms with Crippen molar-refractivity contribution in [1.82, 2.24) is 0 Å². The van der Waals surface area contributed by atoms with E-state index in [1.54, 1.807) is 0 Å². The Morgan fingerprint density at radius 1 is 1.29 bits per heavy atom. The second-order valence-corrected chi connectivity index (χ2v) is 2.91. The lowest BCUT2D eigenvalue weighted by Crippen LogP contribution is -2.14. The van der Waals surface area contributed by atoms with Gasteiger partial charge in [-0.1, -0.05) is 12.1 Å². The molecular formula is C10H14N2O2. The van der Waals surface area contributed by atoms with Crippen molar-refractivity contribution in [3.63, 3.8) is 0 Å². The topological polar surface area (TPSA) is 78.3 Å². The van der Waals surface area contributed by atoms with Gasteiger partial charge in [-0.25, -0.2) is 0 Å². The molecule has 0 aliphatic heterocycles. The fourth-order valence-corrected chi connectivity index (χ4v) is 0.991. The minimum atomic E-state index is -0.358. The largest absolute Gasteiger partial charge is 0.493 e. The van der Waals surface area contributed by atoms with Gasteiger partial charge in [-0.3, -0.25) is 4.79 Å². The Hall–Kier alpha value is -1.55. The van der Waals surface area contributed by atoms with Gasteiger partial charge in [-0.05, 0) is 17.7 Å². The van der Waals surface area contributed by atoms with Crippen LogP contribution in [0.25, 0.3) is 0 Å². The van der Waals surface area contributed by atoms with Gasteiger partial charge in [0.15, 0.2) is 0 Å². The van der Waals surface area contributed by atoms with E-state index in [9.17, 15) is 4.79 Å². The fraction of sp³-hybridized carbons (Fsp3) is 0.300. The summed E-state index contributed by atoms with van der Waals surface area (Å²) in [6, 6.07) is 7.42. The van der Waals surface area contributed by atoms with Crippen molar-refractivity contribution in [2.45, 2.75) is 13.0 Å². The predicted molar refractivity (Wildman–Crippen MR) is 53.6 cm³/mol. The van der Waals surface area contributed by atoms with Crippen LogP contribution < -0.4 is 16.2 Å². The predicted octanol–water partition coefficient (Wildman–Crippen LogP) is 0.399. The van der Waals surface area contributed by atoms with E-state index in [2.05, 4.69) is 0 Å². The molecule has 0 aliphatic carbocycles. The highest BCUT2D eigenvalue weighted by Crippen LogP contribution is 2.11.